The van der Waals surface area contributed by atoms with Crippen molar-refractivity contribution < 1.29 is 15.6 Å². The van der Waals surface area contributed by atoms with Gasteiger partial charge in [-0.1, -0.05) is 0 Å². The van der Waals surface area contributed by atoms with Crippen LogP contribution in [0.5, 0.6) is 0 Å². The molecule has 0 saturated heterocycles. The molecule has 4 aromatic carbocycles. The first-order chi connectivity index (χ1) is 20.4. The van der Waals surface area contributed by atoms with E-state index in [1.165, 1.54) is 72.3 Å². The monoisotopic (exact) mass is 699 g/mol. The van der Waals surface area contributed by atoms with E-state index < -0.39 is 21.5 Å². The summed E-state index contributed by atoms with van der Waals surface area (Å²) in [6.07, 6.45) is 4.91. The van der Waals surface area contributed by atoms with Gasteiger partial charge in [0.05, 0.1) is 0 Å². The Kier molecular flexibility index (Phi) is 8.04. The first kappa shape index (κ1) is 31.0. The molecule has 0 aliphatic heterocycles. The molecule has 0 fully saturated rings. The molecule has 221 valence electrons. The second kappa shape index (κ2) is 11.1. The molecule has 4 heteroatoms. The van der Waals surface area contributed by atoms with Crippen LogP contribution >= 0.6 is 17.0 Å². The Bertz CT molecular complexity index is 1790. The van der Waals surface area contributed by atoms with E-state index in [1.54, 1.807) is 0 Å². The summed E-state index contributed by atoms with van der Waals surface area (Å²) in [7, 11) is 17.2. The number of hydrogen-bond acceptors (Lipinski definition) is 0. The summed E-state index contributed by atoms with van der Waals surface area (Å²) in [5, 5.41) is 0. The Hall–Kier alpha value is -1.96. The number of rotatable bonds is 6. The van der Waals surface area contributed by atoms with Crippen LogP contribution in [0.4, 0.5) is 0 Å². The summed E-state index contributed by atoms with van der Waals surface area (Å²) in [5.41, 5.74) is 17.3. The van der Waals surface area contributed by atoms with Crippen molar-refractivity contribution in [3.8, 4) is 22.3 Å². The van der Waals surface area contributed by atoms with Gasteiger partial charge < -0.3 is 0 Å². The summed E-state index contributed by atoms with van der Waals surface area (Å²) in [6, 6.07) is 28.9. The van der Waals surface area contributed by atoms with Gasteiger partial charge in [-0.15, -0.1) is 0 Å². The predicted molar refractivity (Wildman–Crippen MR) is 190 cm³/mol. The third-order valence-corrected chi connectivity index (χ3v) is 62.3. The molecule has 0 heterocycles. The Balaban J connectivity index is 1.63. The van der Waals surface area contributed by atoms with Gasteiger partial charge >= 0.3 is 270 Å². The van der Waals surface area contributed by atoms with Crippen molar-refractivity contribution in [3.63, 3.8) is 0 Å². The first-order valence-corrected chi connectivity index (χ1v) is 32.0. The maximum absolute atomic E-state index is 8.62. The number of aryl methyl sites for hydroxylation is 3. The molecule has 2 atom stereocenters. The maximum atomic E-state index is 8.62. The molecule has 43 heavy (non-hydrogen) atoms. The first-order valence-electron chi connectivity index (χ1n) is 15.7. The molecular formula is C39H43Cl2SiZr. The standard InChI is InChI=1S/C20H21.C17H15.C2H7Si.2ClH.Zr/c1-13(2)17-11-16-9-6-10-18(19(16)12-17)20-14(3)7-5-8-15(20)4;1-12-10-16-13(2)8-9-15(17(16)11-12)14-6-4-3-5-7-14;1-3-2;;;/h5-13H,1-4H3;3-11H,1-2H3;3H,1-2H3;2*1H;/q;;;;;+2/p-2. The zero-order valence-electron chi connectivity index (χ0n) is 26.7. The minimum atomic E-state index is -4.81. The van der Waals surface area contributed by atoms with Gasteiger partial charge in [0.2, 0.25) is 0 Å². The van der Waals surface area contributed by atoms with E-state index in [-0.39, 0.29) is 7.25 Å². The van der Waals surface area contributed by atoms with Crippen LogP contribution in [-0.4, -0.2) is 5.92 Å². The van der Waals surface area contributed by atoms with Crippen LogP contribution in [0.3, 0.4) is 0 Å². The molecular weight excluding hydrogens is 659 g/mol. The summed E-state index contributed by atoms with van der Waals surface area (Å²) >= 11 is -4.81. The number of fused-ring (bicyclic) bond motifs is 2. The normalized spacial score (nSPS) is 18.7. The summed E-state index contributed by atoms with van der Waals surface area (Å²) in [4.78, 5) is 0. The van der Waals surface area contributed by atoms with Gasteiger partial charge in [0.15, 0.2) is 0 Å². The topological polar surface area (TPSA) is 0 Å². The van der Waals surface area contributed by atoms with Crippen molar-refractivity contribution in [2.45, 2.75) is 61.9 Å². The fourth-order valence-corrected chi connectivity index (χ4v) is 40.5. The fraction of sp³-hybridized carbons (Fsp3) is 0.282. The van der Waals surface area contributed by atoms with E-state index >= 15 is 0 Å². The Morgan fingerprint density at radius 3 is 1.93 bits per heavy atom. The van der Waals surface area contributed by atoms with Gasteiger partial charge in [-0.25, -0.2) is 0 Å². The zero-order chi connectivity index (χ0) is 30.9. The summed E-state index contributed by atoms with van der Waals surface area (Å²) in [5.74, 6) is -1.27. The SMILES string of the molecule is CC1=Cc2c(-c3ccccc3)ccc(C)c2[CH]1[Zr]([Cl])([Cl])([CH]1C(C(C)C)=Cc2c(-c3c(C)cccc3C)cccc21)[SiH](C)C. The molecule has 0 spiro atoms. The van der Waals surface area contributed by atoms with Crippen molar-refractivity contribution in [3.05, 3.63) is 129 Å². The fourth-order valence-electron chi connectivity index (χ4n) is 8.23. The molecule has 0 nitrogen and oxygen atoms in total. The van der Waals surface area contributed by atoms with E-state index in [4.69, 9.17) is 17.0 Å². The molecule has 2 aliphatic rings. The Labute approximate surface area is 267 Å². The molecule has 2 unspecified atom stereocenters. The average molecular weight is 702 g/mol. The van der Waals surface area contributed by atoms with Crippen molar-refractivity contribution in [2.24, 2.45) is 5.92 Å². The molecule has 0 N–H and O–H groups in total. The van der Waals surface area contributed by atoms with Crippen LogP contribution in [0.25, 0.3) is 34.4 Å². The summed E-state index contributed by atoms with van der Waals surface area (Å²) in [6.45, 7) is 18.6. The number of allylic oxidation sites excluding steroid dienone is 2. The number of hydrogen-bond donors (Lipinski definition) is 0. The second-order valence-corrected chi connectivity index (χ2v) is 56.1. The quantitative estimate of drug-likeness (QED) is 0.176. The predicted octanol–water partition coefficient (Wildman–Crippen LogP) is 12.2. The van der Waals surface area contributed by atoms with Gasteiger partial charge in [0.25, 0.3) is 0 Å². The molecule has 4 aromatic rings. The van der Waals surface area contributed by atoms with Crippen LogP contribution in [0.2, 0.25) is 13.1 Å². The molecule has 6 rings (SSSR count). The molecule has 0 saturated carbocycles. The van der Waals surface area contributed by atoms with E-state index in [1.807, 2.05) is 0 Å². The molecule has 0 amide bonds. The van der Waals surface area contributed by atoms with Crippen molar-refractivity contribution >= 4 is 35.1 Å². The van der Waals surface area contributed by atoms with Gasteiger partial charge in [0.1, 0.15) is 0 Å². The van der Waals surface area contributed by atoms with E-state index in [2.05, 4.69) is 146 Å². The molecule has 0 bridgehead atoms. The van der Waals surface area contributed by atoms with E-state index in [9.17, 15) is 0 Å². The van der Waals surface area contributed by atoms with Crippen LogP contribution in [0, 0.1) is 26.7 Å². The van der Waals surface area contributed by atoms with E-state index in [0.29, 0.717) is 5.92 Å². The van der Waals surface area contributed by atoms with Crippen LogP contribution in [-0.2, 0) is 15.6 Å². The van der Waals surface area contributed by atoms with Crippen LogP contribution in [0.1, 0.15) is 67.0 Å². The van der Waals surface area contributed by atoms with Crippen LogP contribution < -0.4 is 0 Å². The third-order valence-electron chi connectivity index (χ3n) is 10.4. The van der Waals surface area contributed by atoms with Crippen LogP contribution in [0.15, 0.2) is 90.0 Å². The van der Waals surface area contributed by atoms with E-state index in [0.717, 1.165) is 0 Å². The minimum absolute atomic E-state index is 0.0924. The van der Waals surface area contributed by atoms with Crippen molar-refractivity contribution in [2.75, 3.05) is 0 Å². The van der Waals surface area contributed by atoms with Crippen molar-refractivity contribution in [1.29, 1.82) is 0 Å². The second-order valence-electron chi connectivity index (χ2n) is 13.6. The summed E-state index contributed by atoms with van der Waals surface area (Å²) < 4.78 is 0.187. The molecule has 0 radical (unpaired) electrons. The number of halogens is 2. The Morgan fingerprint density at radius 2 is 1.30 bits per heavy atom. The van der Waals surface area contributed by atoms with Gasteiger partial charge in [-0.05, 0) is 0 Å². The van der Waals surface area contributed by atoms with Crippen molar-refractivity contribution in [1.82, 2.24) is 0 Å². The van der Waals surface area contributed by atoms with Gasteiger partial charge in [0, 0.05) is 0 Å². The molecule has 0 aromatic heterocycles. The third kappa shape index (κ3) is 4.70. The van der Waals surface area contributed by atoms with Gasteiger partial charge in [-0.3, -0.25) is 0 Å². The molecule has 2 aliphatic carbocycles. The Morgan fingerprint density at radius 1 is 0.651 bits per heavy atom. The zero-order valence-corrected chi connectivity index (χ0v) is 31.9. The van der Waals surface area contributed by atoms with Gasteiger partial charge in [-0.2, -0.15) is 0 Å². The average Bonchev–Trinajstić information content (AvgIpc) is 3.54. The number of benzene rings is 4.